The lowest BCUT2D eigenvalue weighted by atomic mass is 10.1. The molecule has 15 heavy (non-hydrogen) atoms. The Morgan fingerprint density at radius 2 is 2.00 bits per heavy atom. The third-order valence-electron chi connectivity index (χ3n) is 2.23. The van der Waals surface area contributed by atoms with E-state index in [0.717, 1.165) is 0 Å². The Hall–Kier alpha value is -1.06. The van der Waals surface area contributed by atoms with Crippen LogP contribution in [-0.4, -0.2) is 43.6 Å². The Kier molecular flexibility index (Phi) is 4.12. The highest BCUT2D eigenvalue weighted by atomic mass is 32.2. The van der Waals surface area contributed by atoms with Crippen LogP contribution in [0.4, 0.5) is 0 Å². The highest BCUT2D eigenvalue weighted by Crippen LogP contribution is 2.11. The third kappa shape index (κ3) is 4.81. The van der Waals surface area contributed by atoms with E-state index in [-0.39, 0.29) is 24.1 Å². The number of hydrogen-bond donors (Lipinski definition) is 2. The second kappa shape index (κ2) is 5.14. The summed E-state index contributed by atoms with van der Waals surface area (Å²) in [6.45, 7) is 0.289. The fourth-order valence-electron chi connectivity index (χ4n) is 1.41. The predicted octanol–water partition coefficient (Wildman–Crippen LogP) is -0.759. The van der Waals surface area contributed by atoms with Gasteiger partial charge in [0.15, 0.2) is 0 Å². The zero-order valence-corrected chi connectivity index (χ0v) is 9.01. The van der Waals surface area contributed by atoms with Crippen LogP contribution in [0.3, 0.4) is 0 Å². The summed E-state index contributed by atoms with van der Waals surface area (Å²) >= 11 is 0. The summed E-state index contributed by atoms with van der Waals surface area (Å²) < 4.78 is 22.2. The summed E-state index contributed by atoms with van der Waals surface area (Å²) in [6, 6.07) is 0.136. The molecule has 0 bridgehead atoms. The first-order chi connectivity index (χ1) is 6.99. The maximum Gasteiger partial charge on any atom is 0.381 e. The molecule has 1 heterocycles. The molecular formula is C9H13NO4S. The number of carboxylic acids is 1. The van der Waals surface area contributed by atoms with Gasteiger partial charge in [0.25, 0.3) is 0 Å². The average Bonchev–Trinajstić information content (AvgIpc) is 2.14. The molecule has 1 rings (SSSR count). The van der Waals surface area contributed by atoms with Gasteiger partial charge in [-0.2, -0.15) is 0 Å². The smallest absolute Gasteiger partial charge is 0.381 e. The first-order valence-corrected chi connectivity index (χ1v) is 6.47. The van der Waals surface area contributed by atoms with Crippen molar-refractivity contribution in [1.29, 1.82) is 0 Å². The first-order valence-electron chi connectivity index (χ1n) is 4.65. The fraction of sp³-hybridized carbons (Fsp3) is 0.667. The lowest BCUT2D eigenvalue weighted by molar-refractivity contribution is -0.130. The molecule has 84 valence electrons. The second-order valence-electron chi connectivity index (χ2n) is 3.41. The molecule has 0 unspecified atom stereocenters. The lowest BCUT2D eigenvalue weighted by Gasteiger charge is -2.21. The van der Waals surface area contributed by atoms with Crippen molar-refractivity contribution in [2.24, 2.45) is 0 Å². The minimum absolute atomic E-state index is 0.136. The van der Waals surface area contributed by atoms with Crippen LogP contribution in [0.25, 0.3) is 0 Å². The molecule has 1 fully saturated rings. The molecule has 2 N–H and O–H groups in total. The largest absolute Gasteiger partial charge is 0.472 e. The van der Waals surface area contributed by atoms with Crippen LogP contribution in [0.2, 0.25) is 0 Å². The van der Waals surface area contributed by atoms with Crippen molar-refractivity contribution in [2.75, 3.05) is 18.1 Å². The fourth-order valence-corrected chi connectivity index (χ4v) is 2.90. The maximum atomic E-state index is 11.1. The molecule has 0 radical (unpaired) electrons. The Bertz CT molecular complexity index is 376. The predicted molar refractivity (Wildman–Crippen MR) is 55.1 cm³/mol. The van der Waals surface area contributed by atoms with Gasteiger partial charge in [0.2, 0.25) is 0 Å². The van der Waals surface area contributed by atoms with Crippen LogP contribution in [-0.2, 0) is 14.6 Å². The minimum atomic E-state index is -2.83. The average molecular weight is 231 g/mol. The van der Waals surface area contributed by atoms with Crippen molar-refractivity contribution < 1.29 is 18.3 Å². The molecule has 0 aromatic heterocycles. The van der Waals surface area contributed by atoms with Gasteiger partial charge in [-0.25, -0.2) is 13.2 Å². The monoisotopic (exact) mass is 231 g/mol. The summed E-state index contributed by atoms with van der Waals surface area (Å²) in [6.07, 6.45) is 1.16. The van der Waals surface area contributed by atoms with Crippen LogP contribution in [0, 0.1) is 11.8 Å². The van der Waals surface area contributed by atoms with Crippen LogP contribution in [0.5, 0.6) is 0 Å². The van der Waals surface area contributed by atoms with Gasteiger partial charge in [0.1, 0.15) is 9.84 Å². The van der Waals surface area contributed by atoms with Crippen molar-refractivity contribution in [3.8, 4) is 11.8 Å². The van der Waals surface area contributed by atoms with Gasteiger partial charge < -0.3 is 10.4 Å². The molecule has 0 atom stereocenters. The number of nitrogens with one attached hydrogen (secondary N) is 1. The van der Waals surface area contributed by atoms with Crippen LogP contribution in [0.1, 0.15) is 12.8 Å². The van der Waals surface area contributed by atoms with Crippen molar-refractivity contribution in [3.63, 3.8) is 0 Å². The maximum absolute atomic E-state index is 11.1. The van der Waals surface area contributed by atoms with Gasteiger partial charge in [-0.15, -0.1) is 0 Å². The van der Waals surface area contributed by atoms with Crippen molar-refractivity contribution >= 4 is 15.8 Å². The number of carboxylic acid groups (broad SMARTS) is 1. The van der Waals surface area contributed by atoms with Crippen molar-refractivity contribution in [2.45, 2.75) is 18.9 Å². The van der Waals surface area contributed by atoms with Crippen LogP contribution >= 0.6 is 0 Å². The van der Waals surface area contributed by atoms with E-state index in [4.69, 9.17) is 5.11 Å². The third-order valence-corrected chi connectivity index (χ3v) is 3.94. The van der Waals surface area contributed by atoms with E-state index in [9.17, 15) is 13.2 Å². The van der Waals surface area contributed by atoms with Gasteiger partial charge in [0, 0.05) is 12.0 Å². The molecule has 0 aromatic rings. The minimum Gasteiger partial charge on any atom is -0.472 e. The first kappa shape index (κ1) is 12.0. The van der Waals surface area contributed by atoms with Crippen LogP contribution in [0.15, 0.2) is 0 Å². The summed E-state index contributed by atoms with van der Waals surface area (Å²) in [7, 11) is -2.83. The summed E-state index contributed by atoms with van der Waals surface area (Å²) in [5, 5.41) is 11.3. The topological polar surface area (TPSA) is 83.5 Å². The van der Waals surface area contributed by atoms with Gasteiger partial charge in [-0.3, -0.25) is 0 Å². The Morgan fingerprint density at radius 3 is 2.53 bits per heavy atom. The van der Waals surface area contributed by atoms with Crippen molar-refractivity contribution in [3.05, 3.63) is 0 Å². The standard InChI is InChI=1S/C9H13NO4S/c11-9(12)2-1-5-10-8-3-6-15(13,14)7-4-8/h8,10H,3-7H2,(H,11,12). The zero-order chi connectivity index (χ0) is 11.3. The number of aliphatic carboxylic acids is 1. The van der Waals surface area contributed by atoms with Gasteiger partial charge in [-0.1, -0.05) is 5.92 Å². The summed E-state index contributed by atoms with van der Waals surface area (Å²) in [5.74, 6) is 3.69. The van der Waals surface area contributed by atoms with E-state index in [1.54, 1.807) is 0 Å². The molecule has 0 saturated carbocycles. The number of carbonyl (C=O) groups is 1. The van der Waals surface area contributed by atoms with Gasteiger partial charge in [-0.05, 0) is 12.8 Å². The SMILES string of the molecule is O=C(O)C#CCNC1CCS(=O)(=O)CC1. The molecule has 1 aliphatic rings. The van der Waals surface area contributed by atoms with E-state index in [1.165, 1.54) is 0 Å². The van der Waals surface area contributed by atoms with Crippen LogP contribution < -0.4 is 5.32 Å². The highest BCUT2D eigenvalue weighted by Gasteiger charge is 2.22. The van der Waals surface area contributed by atoms with Gasteiger partial charge >= 0.3 is 5.97 Å². The summed E-state index contributed by atoms with van der Waals surface area (Å²) in [5.41, 5.74) is 0. The molecule has 0 amide bonds. The number of hydrogen-bond acceptors (Lipinski definition) is 4. The normalized spacial score (nSPS) is 20.3. The molecule has 1 saturated heterocycles. The number of sulfone groups is 1. The van der Waals surface area contributed by atoms with E-state index in [1.807, 2.05) is 5.92 Å². The Morgan fingerprint density at radius 1 is 1.40 bits per heavy atom. The van der Waals surface area contributed by atoms with E-state index in [2.05, 4.69) is 11.2 Å². The molecule has 0 aromatic carbocycles. The summed E-state index contributed by atoms with van der Waals surface area (Å²) in [4.78, 5) is 10.1. The molecule has 5 nitrogen and oxygen atoms in total. The Labute approximate surface area is 88.8 Å². The van der Waals surface area contributed by atoms with E-state index >= 15 is 0 Å². The second-order valence-corrected chi connectivity index (χ2v) is 5.72. The molecular weight excluding hydrogens is 218 g/mol. The Balaban J connectivity index is 2.26. The molecule has 0 aliphatic carbocycles. The van der Waals surface area contributed by atoms with E-state index in [0.29, 0.717) is 12.8 Å². The molecule has 6 heteroatoms. The quantitative estimate of drug-likeness (QED) is 0.610. The number of rotatable bonds is 2. The molecule has 1 aliphatic heterocycles. The van der Waals surface area contributed by atoms with E-state index < -0.39 is 15.8 Å². The van der Waals surface area contributed by atoms with Gasteiger partial charge in [0.05, 0.1) is 18.1 Å². The molecule has 0 spiro atoms. The van der Waals surface area contributed by atoms with Crippen molar-refractivity contribution in [1.82, 2.24) is 5.32 Å². The highest BCUT2D eigenvalue weighted by molar-refractivity contribution is 7.91. The zero-order valence-electron chi connectivity index (χ0n) is 8.19. The lowest BCUT2D eigenvalue weighted by Crippen LogP contribution is -2.37.